The molecule has 2 heterocycles. The molecule has 0 aliphatic carbocycles. The van der Waals surface area contributed by atoms with Crippen molar-refractivity contribution < 1.29 is 9.59 Å². The zero-order valence-corrected chi connectivity index (χ0v) is 15.6. The van der Waals surface area contributed by atoms with Crippen LogP contribution in [0.25, 0.3) is 0 Å². The molecule has 2 aromatic heterocycles. The fourth-order valence-electron chi connectivity index (χ4n) is 2.46. The molecule has 1 amide bonds. The molecule has 5 nitrogen and oxygen atoms in total. The molecule has 0 unspecified atom stereocenters. The summed E-state index contributed by atoms with van der Waals surface area (Å²) in [6.45, 7) is 1.21. The van der Waals surface area contributed by atoms with Crippen molar-refractivity contribution in [3.05, 3.63) is 75.5 Å². The van der Waals surface area contributed by atoms with Crippen molar-refractivity contribution in [2.75, 3.05) is 0 Å². The van der Waals surface area contributed by atoms with E-state index in [1.807, 2.05) is 35.0 Å². The van der Waals surface area contributed by atoms with Crippen LogP contribution in [0.4, 0.5) is 0 Å². The fourth-order valence-corrected chi connectivity index (χ4v) is 3.47. The highest BCUT2D eigenvalue weighted by Gasteiger charge is 2.11. The second-order valence-corrected chi connectivity index (χ2v) is 7.57. The van der Waals surface area contributed by atoms with Gasteiger partial charge in [-0.15, -0.1) is 11.3 Å². The lowest BCUT2D eigenvalue weighted by atomic mass is 10.1. The number of ketones is 1. The number of benzene rings is 1. The van der Waals surface area contributed by atoms with Gasteiger partial charge in [0.15, 0.2) is 5.78 Å². The molecular formula is C19H18ClN3O2S. The smallest absolute Gasteiger partial charge is 0.220 e. The van der Waals surface area contributed by atoms with E-state index in [0.29, 0.717) is 15.8 Å². The molecule has 0 bridgehead atoms. The maximum absolute atomic E-state index is 12.0. The van der Waals surface area contributed by atoms with Gasteiger partial charge in [0.25, 0.3) is 0 Å². The van der Waals surface area contributed by atoms with E-state index < -0.39 is 0 Å². The van der Waals surface area contributed by atoms with Crippen LogP contribution in [-0.2, 0) is 17.9 Å². The number of aromatic nitrogens is 2. The Kier molecular flexibility index (Phi) is 6.20. The van der Waals surface area contributed by atoms with Crippen LogP contribution in [0.3, 0.4) is 0 Å². The molecule has 1 aromatic carbocycles. The van der Waals surface area contributed by atoms with Gasteiger partial charge in [0.05, 0.1) is 15.5 Å². The molecule has 134 valence electrons. The van der Waals surface area contributed by atoms with E-state index in [9.17, 15) is 9.59 Å². The van der Waals surface area contributed by atoms with Gasteiger partial charge in [-0.25, -0.2) is 4.98 Å². The summed E-state index contributed by atoms with van der Waals surface area (Å²) in [6.07, 6.45) is 5.81. The minimum atomic E-state index is -0.136. The lowest BCUT2D eigenvalue weighted by Gasteiger charge is -2.07. The first kappa shape index (κ1) is 18.4. The standard InChI is InChI=1S/C19H18ClN3O2S/c20-18-7-6-17(26-18)16(24)5-8-19(25)22-11-14-1-3-15(4-2-14)12-23-10-9-21-13-23/h1-4,6-7,9-10,13H,5,8,11-12H2,(H,22,25). The predicted molar refractivity (Wildman–Crippen MR) is 103 cm³/mol. The van der Waals surface area contributed by atoms with E-state index in [2.05, 4.69) is 10.3 Å². The van der Waals surface area contributed by atoms with Crippen molar-refractivity contribution in [1.29, 1.82) is 0 Å². The maximum atomic E-state index is 12.0. The number of nitrogens with one attached hydrogen (secondary N) is 1. The SMILES string of the molecule is O=C(CCC(=O)c1ccc(Cl)s1)NCc1ccc(Cn2ccnc2)cc1. The summed E-state index contributed by atoms with van der Waals surface area (Å²) in [5, 5.41) is 2.85. The van der Waals surface area contributed by atoms with Crippen LogP contribution in [0.2, 0.25) is 4.34 Å². The van der Waals surface area contributed by atoms with Gasteiger partial charge in [-0.1, -0.05) is 35.9 Å². The summed E-state index contributed by atoms with van der Waals surface area (Å²) in [6, 6.07) is 11.4. The van der Waals surface area contributed by atoms with Gasteiger partial charge in [0.1, 0.15) is 0 Å². The summed E-state index contributed by atoms with van der Waals surface area (Å²) < 4.78 is 2.57. The van der Waals surface area contributed by atoms with Gasteiger partial charge in [0, 0.05) is 38.3 Å². The Labute approximate surface area is 160 Å². The Hall–Kier alpha value is -2.44. The van der Waals surface area contributed by atoms with Crippen molar-refractivity contribution >= 4 is 34.6 Å². The average molecular weight is 388 g/mol. The zero-order chi connectivity index (χ0) is 18.4. The highest BCUT2D eigenvalue weighted by Crippen LogP contribution is 2.22. The van der Waals surface area contributed by atoms with Crippen LogP contribution >= 0.6 is 22.9 Å². The van der Waals surface area contributed by atoms with Crippen molar-refractivity contribution in [2.45, 2.75) is 25.9 Å². The number of nitrogens with zero attached hydrogens (tertiary/aromatic N) is 2. The fraction of sp³-hybridized carbons (Fsp3) is 0.211. The Balaban J connectivity index is 1.42. The molecule has 1 N–H and O–H groups in total. The molecule has 3 rings (SSSR count). The van der Waals surface area contributed by atoms with Crippen molar-refractivity contribution in [3.8, 4) is 0 Å². The van der Waals surface area contributed by atoms with Crippen LogP contribution in [0.15, 0.2) is 55.1 Å². The molecule has 7 heteroatoms. The Bertz CT molecular complexity index is 873. The number of Topliss-reactive ketones (excluding diaryl/α,β-unsaturated/α-hetero) is 1. The third kappa shape index (κ3) is 5.28. The molecule has 0 atom stereocenters. The minimum Gasteiger partial charge on any atom is -0.352 e. The average Bonchev–Trinajstić information content (AvgIpc) is 3.31. The van der Waals surface area contributed by atoms with Crippen LogP contribution in [0, 0.1) is 0 Å². The monoisotopic (exact) mass is 387 g/mol. The Morgan fingerprint density at radius 1 is 1.08 bits per heavy atom. The Morgan fingerprint density at radius 3 is 2.50 bits per heavy atom. The number of amides is 1. The van der Waals surface area contributed by atoms with Crippen LogP contribution in [-0.4, -0.2) is 21.2 Å². The van der Waals surface area contributed by atoms with Crippen molar-refractivity contribution in [2.24, 2.45) is 0 Å². The number of halogens is 1. The third-order valence-electron chi connectivity index (χ3n) is 3.86. The van der Waals surface area contributed by atoms with E-state index in [1.54, 1.807) is 24.7 Å². The number of hydrogen-bond donors (Lipinski definition) is 1. The van der Waals surface area contributed by atoms with Gasteiger partial charge in [-0.3, -0.25) is 9.59 Å². The van der Waals surface area contributed by atoms with Crippen molar-refractivity contribution in [3.63, 3.8) is 0 Å². The highest BCUT2D eigenvalue weighted by atomic mass is 35.5. The van der Waals surface area contributed by atoms with E-state index in [-0.39, 0.29) is 24.5 Å². The van der Waals surface area contributed by atoms with Gasteiger partial charge in [-0.05, 0) is 23.3 Å². The lowest BCUT2D eigenvalue weighted by Crippen LogP contribution is -2.23. The van der Waals surface area contributed by atoms with Gasteiger partial charge >= 0.3 is 0 Å². The largest absolute Gasteiger partial charge is 0.352 e. The second kappa shape index (κ2) is 8.78. The highest BCUT2D eigenvalue weighted by molar-refractivity contribution is 7.18. The number of hydrogen-bond acceptors (Lipinski definition) is 4. The van der Waals surface area contributed by atoms with Crippen LogP contribution in [0.5, 0.6) is 0 Å². The van der Waals surface area contributed by atoms with Crippen LogP contribution in [0.1, 0.15) is 33.6 Å². The molecule has 26 heavy (non-hydrogen) atoms. The van der Waals surface area contributed by atoms with E-state index in [1.165, 1.54) is 16.9 Å². The van der Waals surface area contributed by atoms with E-state index >= 15 is 0 Å². The van der Waals surface area contributed by atoms with Gasteiger partial charge < -0.3 is 9.88 Å². The van der Waals surface area contributed by atoms with Crippen LogP contribution < -0.4 is 5.32 Å². The number of thiophene rings is 1. The molecule has 0 saturated carbocycles. The lowest BCUT2D eigenvalue weighted by molar-refractivity contribution is -0.121. The van der Waals surface area contributed by atoms with Gasteiger partial charge in [-0.2, -0.15) is 0 Å². The summed E-state index contributed by atoms with van der Waals surface area (Å²) in [5.74, 6) is -0.190. The number of rotatable bonds is 8. The number of carbonyl (C=O) groups excluding carboxylic acids is 2. The van der Waals surface area contributed by atoms with Gasteiger partial charge in [0.2, 0.25) is 5.91 Å². The van der Waals surface area contributed by atoms with E-state index in [4.69, 9.17) is 11.6 Å². The normalized spacial score (nSPS) is 10.7. The summed E-state index contributed by atoms with van der Waals surface area (Å²) in [7, 11) is 0. The summed E-state index contributed by atoms with van der Waals surface area (Å²) >= 11 is 7.06. The third-order valence-corrected chi connectivity index (χ3v) is 5.14. The second-order valence-electron chi connectivity index (χ2n) is 5.86. The molecule has 0 radical (unpaired) electrons. The predicted octanol–water partition coefficient (Wildman–Crippen LogP) is 3.93. The molecular weight excluding hydrogens is 370 g/mol. The van der Waals surface area contributed by atoms with E-state index in [0.717, 1.165) is 12.1 Å². The number of imidazole rings is 1. The summed E-state index contributed by atoms with van der Waals surface area (Å²) in [4.78, 5) is 28.5. The summed E-state index contributed by atoms with van der Waals surface area (Å²) in [5.41, 5.74) is 2.18. The molecule has 0 aliphatic heterocycles. The quantitative estimate of drug-likeness (QED) is 0.596. The first-order chi connectivity index (χ1) is 12.6. The molecule has 0 fully saturated rings. The molecule has 0 spiro atoms. The van der Waals surface area contributed by atoms with Crippen molar-refractivity contribution in [1.82, 2.24) is 14.9 Å². The Morgan fingerprint density at radius 2 is 1.85 bits per heavy atom. The topological polar surface area (TPSA) is 64.0 Å². The minimum absolute atomic E-state index is 0.0547. The maximum Gasteiger partial charge on any atom is 0.220 e. The molecule has 0 aliphatic rings. The molecule has 3 aromatic rings. The molecule has 0 saturated heterocycles. The first-order valence-corrected chi connectivity index (χ1v) is 9.38. The number of carbonyl (C=O) groups is 2. The zero-order valence-electron chi connectivity index (χ0n) is 14.0. The first-order valence-electron chi connectivity index (χ1n) is 8.19.